The van der Waals surface area contributed by atoms with E-state index in [1.807, 2.05) is 20.8 Å². The first-order valence-electron chi connectivity index (χ1n) is 5.74. The minimum atomic E-state index is -1.45. The Hall–Kier alpha value is -0.823. The van der Waals surface area contributed by atoms with Gasteiger partial charge in [-0.15, -0.1) is 0 Å². The largest absolute Gasteiger partial charge is 1.00 e. The Kier molecular flexibility index (Phi) is 4.60. The van der Waals surface area contributed by atoms with E-state index < -0.39 is 5.60 Å². The van der Waals surface area contributed by atoms with Crippen LogP contribution in [0.5, 0.6) is 0 Å². The van der Waals surface area contributed by atoms with Crippen molar-refractivity contribution in [3.05, 3.63) is 30.1 Å². The van der Waals surface area contributed by atoms with Crippen LogP contribution in [0.2, 0.25) is 0 Å². The number of hydrogen-bond acceptors (Lipinski definition) is 4. The van der Waals surface area contributed by atoms with E-state index in [2.05, 4.69) is 16.0 Å². The van der Waals surface area contributed by atoms with Gasteiger partial charge in [-0.05, 0) is 19.4 Å². The number of rotatable bonds is 3. The molecule has 2 heterocycles. The Morgan fingerprint density at radius 1 is 1.56 bits per heavy atom. The summed E-state index contributed by atoms with van der Waals surface area (Å²) in [5, 5.41) is 12.8. The molecule has 0 aromatic carbocycles. The Morgan fingerprint density at radius 3 is 2.72 bits per heavy atom. The minimum Gasteiger partial charge on any atom is -0.841 e. The summed E-state index contributed by atoms with van der Waals surface area (Å²) in [7, 11) is 0. The topological polar surface area (TPSA) is 57.5 Å². The molecular formula is C13H16LiN2O2-. The van der Waals surface area contributed by atoms with E-state index in [-0.39, 0.29) is 30.3 Å². The maximum atomic E-state index is 12.8. The van der Waals surface area contributed by atoms with Crippen molar-refractivity contribution in [3.8, 4) is 0 Å². The van der Waals surface area contributed by atoms with E-state index >= 15 is 0 Å². The molecule has 92 valence electrons. The van der Waals surface area contributed by atoms with Gasteiger partial charge in [-0.2, -0.15) is 6.07 Å². The van der Waals surface area contributed by atoms with Crippen LogP contribution in [0.15, 0.2) is 23.5 Å². The van der Waals surface area contributed by atoms with Gasteiger partial charge < -0.3 is 14.8 Å². The SMILES string of the molecule is CCC([O-])(C1=NC(C)(C)CO1)c1[c-]cncc1.[Li+]. The zero-order valence-electron chi connectivity index (χ0n) is 11.4. The smallest absolute Gasteiger partial charge is 0.841 e. The standard InChI is InChI=1S/C13H16N2O2.Li/c1-4-13(16,10-5-7-14-8-6-10)11-15-12(2,3)9-17-11;/h5,7-8H,4,9H2,1-3H3;/q-2;+1. The summed E-state index contributed by atoms with van der Waals surface area (Å²) in [5.41, 5.74) is -1.23. The molecule has 1 atom stereocenters. The molecule has 1 aliphatic heterocycles. The van der Waals surface area contributed by atoms with Crippen LogP contribution in [0.25, 0.3) is 0 Å². The van der Waals surface area contributed by atoms with Crippen LogP contribution in [0, 0.1) is 6.07 Å². The summed E-state index contributed by atoms with van der Waals surface area (Å²) in [6.07, 6.45) is 3.47. The molecule has 0 saturated heterocycles. The van der Waals surface area contributed by atoms with Crippen molar-refractivity contribution in [1.82, 2.24) is 4.98 Å². The molecule has 0 aliphatic carbocycles. The van der Waals surface area contributed by atoms with Gasteiger partial charge in [0.05, 0.1) is 5.54 Å². The Balaban J connectivity index is 0.00000162. The average molecular weight is 239 g/mol. The number of aromatic nitrogens is 1. The second-order valence-corrected chi connectivity index (χ2v) is 4.85. The van der Waals surface area contributed by atoms with Crippen LogP contribution in [0.3, 0.4) is 0 Å². The number of pyridine rings is 1. The Morgan fingerprint density at radius 2 is 2.28 bits per heavy atom. The molecule has 18 heavy (non-hydrogen) atoms. The van der Waals surface area contributed by atoms with E-state index in [0.29, 0.717) is 18.6 Å². The van der Waals surface area contributed by atoms with Gasteiger partial charge in [-0.25, -0.2) is 16.6 Å². The molecular weight excluding hydrogens is 223 g/mol. The molecule has 1 aromatic rings. The van der Waals surface area contributed by atoms with Crippen LogP contribution in [0.4, 0.5) is 0 Å². The van der Waals surface area contributed by atoms with Crippen LogP contribution >= 0.6 is 0 Å². The Labute approximate surface area is 120 Å². The van der Waals surface area contributed by atoms with Crippen molar-refractivity contribution in [3.63, 3.8) is 0 Å². The van der Waals surface area contributed by atoms with Gasteiger partial charge >= 0.3 is 18.9 Å². The zero-order chi connectivity index (χ0) is 12.5. The first kappa shape index (κ1) is 15.2. The summed E-state index contributed by atoms with van der Waals surface area (Å²) in [6, 6.07) is 4.55. The van der Waals surface area contributed by atoms with E-state index in [0.717, 1.165) is 0 Å². The molecule has 0 N–H and O–H groups in total. The molecule has 2 rings (SSSR count). The van der Waals surface area contributed by atoms with Crippen molar-refractivity contribution in [2.24, 2.45) is 4.99 Å². The predicted octanol–water partition coefficient (Wildman–Crippen LogP) is -1.94. The monoisotopic (exact) mass is 239 g/mol. The third-order valence-corrected chi connectivity index (χ3v) is 2.87. The Bertz CT molecular complexity index is 434. The molecule has 0 radical (unpaired) electrons. The van der Waals surface area contributed by atoms with Crippen LogP contribution in [-0.4, -0.2) is 23.0 Å². The van der Waals surface area contributed by atoms with Crippen LogP contribution < -0.4 is 24.0 Å². The van der Waals surface area contributed by atoms with Gasteiger partial charge in [0.25, 0.3) is 0 Å². The number of hydrogen-bond donors (Lipinski definition) is 0. The number of aliphatic imine (C=N–C) groups is 1. The second-order valence-electron chi connectivity index (χ2n) is 4.85. The van der Waals surface area contributed by atoms with Crippen molar-refractivity contribution in [1.29, 1.82) is 0 Å². The quantitative estimate of drug-likeness (QED) is 0.455. The van der Waals surface area contributed by atoms with E-state index in [4.69, 9.17) is 4.74 Å². The maximum Gasteiger partial charge on any atom is 1.00 e. The van der Waals surface area contributed by atoms with Crippen molar-refractivity contribution in [2.45, 2.75) is 38.3 Å². The van der Waals surface area contributed by atoms with Crippen molar-refractivity contribution >= 4 is 5.90 Å². The fraction of sp³-hybridized carbons (Fsp3) is 0.538. The third-order valence-electron chi connectivity index (χ3n) is 2.87. The first-order valence-corrected chi connectivity index (χ1v) is 5.74. The van der Waals surface area contributed by atoms with Gasteiger partial charge in [0.15, 0.2) is 5.90 Å². The zero-order valence-corrected chi connectivity index (χ0v) is 11.4. The van der Waals surface area contributed by atoms with Crippen LogP contribution in [0.1, 0.15) is 32.8 Å². The molecule has 1 unspecified atom stereocenters. The summed E-state index contributed by atoms with van der Waals surface area (Å²) in [6.45, 7) is 6.19. The van der Waals surface area contributed by atoms with Gasteiger partial charge in [0.2, 0.25) is 0 Å². The molecule has 0 spiro atoms. The third kappa shape index (κ3) is 2.77. The summed E-state index contributed by atoms with van der Waals surface area (Å²) >= 11 is 0. The molecule has 1 aliphatic rings. The van der Waals surface area contributed by atoms with Crippen molar-refractivity contribution < 1.29 is 28.7 Å². The van der Waals surface area contributed by atoms with Gasteiger partial charge in [0.1, 0.15) is 6.61 Å². The average Bonchev–Trinajstić information content (AvgIpc) is 2.70. The molecule has 0 bridgehead atoms. The minimum absolute atomic E-state index is 0. The molecule has 0 fully saturated rings. The molecule has 1 aromatic heterocycles. The molecule has 5 heteroatoms. The van der Waals surface area contributed by atoms with Crippen molar-refractivity contribution in [2.75, 3.05) is 6.61 Å². The van der Waals surface area contributed by atoms with Gasteiger partial charge in [0, 0.05) is 0 Å². The van der Waals surface area contributed by atoms with E-state index in [1.165, 1.54) is 6.20 Å². The molecule has 0 saturated carbocycles. The molecule has 4 nitrogen and oxygen atoms in total. The predicted molar refractivity (Wildman–Crippen MR) is 62.5 cm³/mol. The summed E-state index contributed by atoms with van der Waals surface area (Å²) in [5.74, 6) is 0.271. The van der Waals surface area contributed by atoms with Gasteiger partial charge in [-0.1, -0.05) is 25.7 Å². The normalized spacial score (nSPS) is 20.3. The summed E-state index contributed by atoms with van der Waals surface area (Å²) in [4.78, 5) is 8.25. The number of nitrogens with zero attached hydrogens (tertiary/aromatic N) is 2. The fourth-order valence-electron chi connectivity index (χ4n) is 1.81. The van der Waals surface area contributed by atoms with E-state index in [1.54, 1.807) is 12.3 Å². The number of ether oxygens (including phenoxy) is 1. The second kappa shape index (κ2) is 5.44. The first-order chi connectivity index (χ1) is 7.98. The van der Waals surface area contributed by atoms with Crippen LogP contribution in [-0.2, 0) is 10.3 Å². The maximum absolute atomic E-state index is 12.8. The summed E-state index contributed by atoms with van der Waals surface area (Å²) < 4.78 is 5.48. The molecule has 0 amide bonds. The fourth-order valence-corrected chi connectivity index (χ4v) is 1.81. The van der Waals surface area contributed by atoms with E-state index in [9.17, 15) is 5.11 Å². The van der Waals surface area contributed by atoms with Gasteiger partial charge in [-0.3, -0.25) is 0 Å².